The van der Waals surface area contributed by atoms with E-state index in [1.807, 2.05) is 46.9 Å². The van der Waals surface area contributed by atoms with Gasteiger partial charge in [0, 0.05) is 40.8 Å². The lowest BCUT2D eigenvalue weighted by Crippen LogP contribution is -2.23. The van der Waals surface area contributed by atoms with Crippen molar-refractivity contribution in [2.75, 3.05) is 11.5 Å². The zero-order valence-corrected chi connectivity index (χ0v) is 24.6. The molecule has 1 aliphatic rings. The first-order valence-corrected chi connectivity index (χ1v) is 13.8. The first kappa shape index (κ1) is 28.7. The molecule has 0 saturated carbocycles. The number of aryl methyl sites for hydroxylation is 1. The zero-order chi connectivity index (χ0) is 28.4. The van der Waals surface area contributed by atoms with E-state index in [0.29, 0.717) is 40.8 Å². The number of pyridine rings is 1. The van der Waals surface area contributed by atoms with Crippen LogP contribution in [0, 0.1) is 19.3 Å². The van der Waals surface area contributed by atoms with Crippen LogP contribution in [0.5, 0.6) is 5.75 Å². The smallest absolute Gasteiger partial charge is 0.163 e. The molecule has 1 aliphatic heterocycles. The van der Waals surface area contributed by atoms with Gasteiger partial charge >= 0.3 is 0 Å². The molecule has 2 atom stereocenters. The van der Waals surface area contributed by atoms with Gasteiger partial charge in [0.1, 0.15) is 18.2 Å². The van der Waals surface area contributed by atoms with E-state index < -0.39 is 6.10 Å². The molecule has 39 heavy (non-hydrogen) atoms. The van der Waals surface area contributed by atoms with E-state index in [2.05, 4.69) is 22.9 Å². The predicted molar refractivity (Wildman–Crippen MR) is 159 cm³/mol. The number of nitrogens with zero attached hydrogens (tertiary/aromatic N) is 4. The lowest BCUT2D eigenvalue weighted by molar-refractivity contribution is 0.0994. The third-order valence-electron chi connectivity index (χ3n) is 7.16. The molecule has 2 N–H and O–H groups in total. The topological polar surface area (TPSA) is 95.2 Å². The van der Waals surface area contributed by atoms with Gasteiger partial charge in [0.15, 0.2) is 5.82 Å². The monoisotopic (exact) mass is 547 g/mol. The normalized spacial score (nSPS) is 15.2. The van der Waals surface area contributed by atoms with Crippen LogP contribution in [0.3, 0.4) is 0 Å². The van der Waals surface area contributed by atoms with Crippen LogP contribution in [0.25, 0.3) is 17.0 Å². The van der Waals surface area contributed by atoms with Crippen LogP contribution >= 0.6 is 11.6 Å². The molecule has 3 aromatic rings. The number of ether oxygens (including phenoxy) is 1. The van der Waals surface area contributed by atoms with E-state index in [4.69, 9.17) is 31.7 Å². The number of halogens is 1. The van der Waals surface area contributed by atoms with E-state index in [-0.39, 0.29) is 12.6 Å². The minimum absolute atomic E-state index is 0.0948. The van der Waals surface area contributed by atoms with Crippen molar-refractivity contribution in [2.24, 2.45) is 0 Å². The summed E-state index contributed by atoms with van der Waals surface area (Å²) in [7, 11) is 0. The molecular weight excluding hydrogens is 510 g/mol. The van der Waals surface area contributed by atoms with Gasteiger partial charge in [-0.05, 0) is 83.4 Å². The molecule has 1 aromatic carbocycles. The molecular formula is C31H38ClN5O2. The lowest BCUT2D eigenvalue weighted by atomic mass is 9.98. The molecule has 0 spiro atoms. The first-order chi connectivity index (χ1) is 18.5. The molecule has 4 rings (SSSR count). The van der Waals surface area contributed by atoms with Gasteiger partial charge in [-0.3, -0.25) is 4.98 Å². The van der Waals surface area contributed by atoms with Crippen molar-refractivity contribution in [2.45, 2.75) is 80.0 Å². The van der Waals surface area contributed by atoms with Crippen LogP contribution in [-0.4, -0.2) is 38.5 Å². The molecule has 206 valence electrons. The highest BCUT2D eigenvalue weighted by Crippen LogP contribution is 2.41. The molecule has 0 bridgehead atoms. The largest absolute Gasteiger partial charge is 0.491 e. The fourth-order valence-corrected chi connectivity index (χ4v) is 5.39. The zero-order valence-electron chi connectivity index (χ0n) is 23.9. The van der Waals surface area contributed by atoms with Gasteiger partial charge in [0.25, 0.3) is 0 Å². The third kappa shape index (κ3) is 5.99. The van der Waals surface area contributed by atoms with Gasteiger partial charge < -0.3 is 20.2 Å². The van der Waals surface area contributed by atoms with Gasteiger partial charge in [0.05, 0.1) is 22.9 Å². The number of allylic oxidation sites excluding steroid dienone is 2. The van der Waals surface area contributed by atoms with Gasteiger partial charge in [-0.1, -0.05) is 30.5 Å². The van der Waals surface area contributed by atoms with Gasteiger partial charge in [-0.15, -0.1) is 0 Å². The Morgan fingerprint density at radius 1 is 1.21 bits per heavy atom. The van der Waals surface area contributed by atoms with Crippen molar-refractivity contribution in [1.29, 1.82) is 5.41 Å². The fourth-order valence-electron chi connectivity index (χ4n) is 5.19. The molecule has 0 amide bonds. The Balaban J connectivity index is 1.86. The number of hydrogen-bond acceptors (Lipinski definition) is 7. The summed E-state index contributed by atoms with van der Waals surface area (Å²) in [5.41, 5.74) is 7.93. The number of aliphatic hydroxyl groups is 1. The van der Waals surface area contributed by atoms with Crippen molar-refractivity contribution in [1.82, 2.24) is 15.0 Å². The maximum atomic E-state index is 10.1. The number of nitrogens with one attached hydrogen (secondary N) is 1. The molecule has 0 aliphatic carbocycles. The number of anilines is 1. The number of fused-ring (bicyclic) bond motifs is 1. The summed E-state index contributed by atoms with van der Waals surface area (Å²) in [5.74, 6) is 1.86. The Hall–Kier alpha value is -3.29. The number of rotatable bonds is 9. The molecule has 0 radical (unpaired) electrons. The first-order valence-electron chi connectivity index (χ1n) is 13.5. The number of aromatic nitrogens is 3. The molecule has 3 heterocycles. The van der Waals surface area contributed by atoms with Crippen molar-refractivity contribution >= 4 is 28.7 Å². The van der Waals surface area contributed by atoms with Crippen LogP contribution in [0.15, 0.2) is 36.0 Å². The van der Waals surface area contributed by atoms with Gasteiger partial charge in [0.2, 0.25) is 0 Å². The third-order valence-corrected chi connectivity index (χ3v) is 7.49. The molecule has 0 unspecified atom stereocenters. The van der Waals surface area contributed by atoms with E-state index >= 15 is 0 Å². The summed E-state index contributed by atoms with van der Waals surface area (Å²) in [6.07, 6.45) is 2.98. The Morgan fingerprint density at radius 2 is 1.95 bits per heavy atom. The highest BCUT2D eigenvalue weighted by atomic mass is 35.5. The lowest BCUT2D eigenvalue weighted by Gasteiger charge is -2.27. The minimum atomic E-state index is -0.532. The Kier molecular flexibility index (Phi) is 8.72. The highest BCUT2D eigenvalue weighted by molar-refractivity contribution is 6.33. The van der Waals surface area contributed by atoms with E-state index in [0.717, 1.165) is 40.3 Å². The second-order valence-corrected chi connectivity index (χ2v) is 11.0. The molecule has 7 nitrogen and oxygen atoms in total. The molecule has 0 fully saturated rings. The SMILES string of the molecule is CCC[C@@H](O)COc1ccc(Cl)c(-c2nc(C(C(C)=N)=C(C)C)c(C)c(N3Cc4cnc(C)cc4[C@@H]3C)n2)c1. The summed E-state index contributed by atoms with van der Waals surface area (Å²) in [6, 6.07) is 7.63. The number of aliphatic hydroxyl groups excluding tert-OH is 1. The number of benzene rings is 1. The Morgan fingerprint density at radius 3 is 2.62 bits per heavy atom. The number of hydrogen-bond donors (Lipinski definition) is 2. The van der Waals surface area contributed by atoms with Crippen molar-refractivity contribution in [3.05, 3.63) is 69.1 Å². The van der Waals surface area contributed by atoms with Crippen molar-refractivity contribution in [3.8, 4) is 17.1 Å². The average Bonchev–Trinajstić information content (AvgIpc) is 3.20. The van der Waals surface area contributed by atoms with Crippen molar-refractivity contribution in [3.63, 3.8) is 0 Å². The standard InChI is InChI=1S/C31H38ClN5O2/c1-8-9-23(38)16-39-24-10-11-27(32)26(13-24)30-35-29(28(17(2)3)20(6)33)19(5)31(36-30)37-15-22-14-34-18(4)12-25(22)21(37)7/h10-14,21,23,33,38H,8-9,15-16H2,1-7H3/t21-,23+/m0/s1. The minimum Gasteiger partial charge on any atom is -0.491 e. The Labute approximate surface area is 236 Å². The second-order valence-electron chi connectivity index (χ2n) is 10.6. The van der Waals surface area contributed by atoms with Gasteiger partial charge in [-0.25, -0.2) is 9.97 Å². The fraction of sp³-hybridized carbons (Fsp3) is 0.419. The second kappa shape index (κ2) is 11.8. The summed E-state index contributed by atoms with van der Waals surface area (Å²) < 4.78 is 5.89. The molecule has 2 aromatic heterocycles. The summed E-state index contributed by atoms with van der Waals surface area (Å²) >= 11 is 6.71. The van der Waals surface area contributed by atoms with Crippen LogP contribution < -0.4 is 9.64 Å². The molecule has 0 saturated heterocycles. The van der Waals surface area contributed by atoms with Crippen LogP contribution in [0.1, 0.15) is 81.6 Å². The van der Waals surface area contributed by atoms with E-state index in [1.165, 1.54) is 11.1 Å². The van der Waals surface area contributed by atoms with Crippen LogP contribution in [0.4, 0.5) is 5.82 Å². The quantitative estimate of drug-likeness (QED) is 0.274. The summed E-state index contributed by atoms with van der Waals surface area (Å²) in [4.78, 5) is 16.9. The maximum absolute atomic E-state index is 10.1. The highest BCUT2D eigenvalue weighted by Gasteiger charge is 2.31. The van der Waals surface area contributed by atoms with E-state index in [9.17, 15) is 5.11 Å². The maximum Gasteiger partial charge on any atom is 0.163 e. The average molecular weight is 548 g/mol. The molecule has 8 heteroatoms. The predicted octanol–water partition coefficient (Wildman–Crippen LogP) is 7.26. The summed E-state index contributed by atoms with van der Waals surface area (Å²) in [6.45, 7) is 14.9. The van der Waals surface area contributed by atoms with Crippen LogP contribution in [0.2, 0.25) is 5.02 Å². The summed E-state index contributed by atoms with van der Waals surface area (Å²) in [5, 5.41) is 19.2. The Bertz CT molecular complexity index is 1430. The van der Waals surface area contributed by atoms with Gasteiger partial charge in [-0.2, -0.15) is 0 Å². The van der Waals surface area contributed by atoms with Crippen LogP contribution in [-0.2, 0) is 6.54 Å². The van der Waals surface area contributed by atoms with Crippen molar-refractivity contribution < 1.29 is 9.84 Å². The van der Waals surface area contributed by atoms with E-state index in [1.54, 1.807) is 19.1 Å².